The zero-order chi connectivity index (χ0) is 21.5. The van der Waals surface area contributed by atoms with Gasteiger partial charge >= 0.3 is 0 Å². The van der Waals surface area contributed by atoms with Gasteiger partial charge < -0.3 is 19.7 Å². The molecule has 3 aromatic rings. The molecule has 0 aromatic heterocycles. The summed E-state index contributed by atoms with van der Waals surface area (Å²) in [7, 11) is 3.15. The van der Waals surface area contributed by atoms with Crippen LogP contribution in [-0.4, -0.2) is 43.5 Å². The Labute approximate surface area is 176 Å². The molecule has 156 valence electrons. The summed E-state index contributed by atoms with van der Waals surface area (Å²) in [5.74, 6) is 0.813. The van der Waals surface area contributed by atoms with E-state index in [1.54, 1.807) is 21.1 Å². The van der Waals surface area contributed by atoms with Crippen molar-refractivity contribution in [1.29, 1.82) is 0 Å². The van der Waals surface area contributed by atoms with Crippen molar-refractivity contribution in [3.05, 3.63) is 72.3 Å². The number of hydrogen-bond donors (Lipinski definition) is 1. The van der Waals surface area contributed by atoms with Crippen LogP contribution in [0, 0.1) is 0 Å². The van der Waals surface area contributed by atoms with Crippen molar-refractivity contribution in [3.63, 3.8) is 0 Å². The van der Waals surface area contributed by atoms with Crippen molar-refractivity contribution in [1.82, 2.24) is 10.2 Å². The Balaban J connectivity index is 1.79. The van der Waals surface area contributed by atoms with E-state index in [4.69, 9.17) is 9.47 Å². The second kappa shape index (κ2) is 9.78. The van der Waals surface area contributed by atoms with Crippen molar-refractivity contribution in [2.75, 3.05) is 20.8 Å². The Kier molecular flexibility index (Phi) is 6.91. The molecule has 30 heavy (non-hydrogen) atoms. The highest BCUT2D eigenvalue weighted by Crippen LogP contribution is 2.25. The number of hydrogen-bond acceptors (Lipinski definition) is 4. The van der Waals surface area contributed by atoms with Gasteiger partial charge in [-0.25, -0.2) is 0 Å². The molecule has 1 unspecified atom stereocenters. The molecule has 0 heterocycles. The number of carbonyl (C=O) groups is 2. The second-order valence-electron chi connectivity index (χ2n) is 6.93. The van der Waals surface area contributed by atoms with Gasteiger partial charge in [-0.1, -0.05) is 48.5 Å². The number of likely N-dealkylation sites (N-methyl/N-ethyl adjacent to an activating group) is 1. The average Bonchev–Trinajstić information content (AvgIpc) is 2.80. The lowest BCUT2D eigenvalue weighted by Crippen LogP contribution is -2.48. The van der Waals surface area contributed by atoms with E-state index >= 15 is 0 Å². The highest BCUT2D eigenvalue weighted by atomic mass is 16.5. The van der Waals surface area contributed by atoms with E-state index in [1.165, 1.54) is 4.90 Å². The van der Waals surface area contributed by atoms with Gasteiger partial charge in [-0.05, 0) is 36.1 Å². The van der Waals surface area contributed by atoms with Crippen molar-refractivity contribution in [3.8, 4) is 11.5 Å². The quantitative estimate of drug-likeness (QED) is 0.623. The monoisotopic (exact) mass is 406 g/mol. The summed E-state index contributed by atoms with van der Waals surface area (Å²) in [5, 5.41) is 4.58. The molecule has 0 saturated carbocycles. The molecule has 0 aliphatic carbocycles. The summed E-state index contributed by atoms with van der Waals surface area (Å²) in [5.41, 5.74) is 0.864. The Morgan fingerprint density at radius 2 is 1.77 bits per heavy atom. The third-order valence-corrected chi connectivity index (χ3v) is 5.00. The van der Waals surface area contributed by atoms with Gasteiger partial charge in [0.15, 0.2) is 6.61 Å². The number of methoxy groups -OCH3 is 1. The van der Waals surface area contributed by atoms with Crippen molar-refractivity contribution >= 4 is 22.6 Å². The number of fused-ring (bicyclic) bond motifs is 1. The van der Waals surface area contributed by atoms with Crippen molar-refractivity contribution in [2.45, 2.75) is 19.5 Å². The van der Waals surface area contributed by atoms with Gasteiger partial charge in [0.2, 0.25) is 5.91 Å². The average molecular weight is 406 g/mol. The third kappa shape index (κ3) is 4.89. The number of nitrogens with one attached hydrogen (secondary N) is 1. The van der Waals surface area contributed by atoms with Crippen LogP contribution in [0.5, 0.6) is 11.5 Å². The molecule has 0 bridgehead atoms. The van der Waals surface area contributed by atoms with Gasteiger partial charge in [-0.3, -0.25) is 9.59 Å². The molecule has 0 aliphatic heterocycles. The lowest BCUT2D eigenvalue weighted by molar-refractivity contribution is -0.142. The minimum atomic E-state index is -0.648. The van der Waals surface area contributed by atoms with Crippen LogP contribution < -0.4 is 14.8 Å². The van der Waals surface area contributed by atoms with E-state index < -0.39 is 6.04 Å². The molecule has 0 aliphatic rings. The molecular weight excluding hydrogens is 380 g/mol. The number of rotatable bonds is 8. The molecule has 1 N–H and O–H groups in total. The van der Waals surface area contributed by atoms with Gasteiger partial charge in [0.05, 0.1) is 7.11 Å². The van der Waals surface area contributed by atoms with Crippen LogP contribution in [0.3, 0.4) is 0 Å². The van der Waals surface area contributed by atoms with Crippen molar-refractivity contribution < 1.29 is 19.1 Å². The largest absolute Gasteiger partial charge is 0.497 e. The SMILES string of the molecule is CNC(=O)C(C)N(Cc1cccc(OC)c1)C(=O)COc1cccc2ccccc12. The molecular formula is C24H26N2O4. The molecule has 6 nitrogen and oxygen atoms in total. The highest BCUT2D eigenvalue weighted by Gasteiger charge is 2.26. The fourth-order valence-corrected chi connectivity index (χ4v) is 3.30. The summed E-state index contributed by atoms with van der Waals surface area (Å²) < 4.78 is 11.1. The van der Waals surface area contributed by atoms with E-state index in [-0.39, 0.29) is 25.0 Å². The van der Waals surface area contributed by atoms with E-state index in [1.807, 2.05) is 66.7 Å². The Hall–Kier alpha value is -3.54. The van der Waals surface area contributed by atoms with Crippen LogP contribution in [0.15, 0.2) is 66.7 Å². The number of ether oxygens (including phenoxy) is 2. The molecule has 3 rings (SSSR count). The summed E-state index contributed by atoms with van der Waals surface area (Å²) in [4.78, 5) is 26.8. The smallest absolute Gasteiger partial charge is 0.261 e. The van der Waals surface area contributed by atoms with Crippen LogP contribution in [-0.2, 0) is 16.1 Å². The van der Waals surface area contributed by atoms with E-state index in [0.29, 0.717) is 11.5 Å². The molecule has 0 fully saturated rings. The van der Waals surface area contributed by atoms with E-state index in [0.717, 1.165) is 16.3 Å². The summed E-state index contributed by atoms with van der Waals surface area (Å²) >= 11 is 0. The van der Waals surface area contributed by atoms with Crippen LogP contribution in [0.1, 0.15) is 12.5 Å². The van der Waals surface area contributed by atoms with Gasteiger partial charge in [0.1, 0.15) is 17.5 Å². The predicted molar refractivity (Wildman–Crippen MR) is 117 cm³/mol. The lowest BCUT2D eigenvalue weighted by Gasteiger charge is -2.28. The number of carbonyl (C=O) groups excluding carboxylic acids is 2. The zero-order valence-electron chi connectivity index (χ0n) is 17.4. The van der Waals surface area contributed by atoms with Gasteiger partial charge in [-0.2, -0.15) is 0 Å². The molecule has 6 heteroatoms. The maximum absolute atomic E-state index is 13.1. The van der Waals surface area contributed by atoms with Crippen LogP contribution in [0.25, 0.3) is 10.8 Å². The first-order valence-electron chi connectivity index (χ1n) is 9.78. The fourth-order valence-electron chi connectivity index (χ4n) is 3.30. The first-order valence-corrected chi connectivity index (χ1v) is 9.78. The van der Waals surface area contributed by atoms with Crippen LogP contribution in [0.2, 0.25) is 0 Å². The maximum Gasteiger partial charge on any atom is 0.261 e. The molecule has 1 atom stereocenters. The van der Waals surface area contributed by atoms with Crippen LogP contribution >= 0.6 is 0 Å². The fraction of sp³-hybridized carbons (Fsp3) is 0.250. The van der Waals surface area contributed by atoms with Gasteiger partial charge in [-0.15, -0.1) is 0 Å². The van der Waals surface area contributed by atoms with E-state index in [9.17, 15) is 9.59 Å². The minimum Gasteiger partial charge on any atom is -0.497 e. The standard InChI is InChI=1S/C24H26N2O4/c1-17(24(28)25-2)26(15-18-8-6-11-20(14-18)29-3)23(27)16-30-22-13-7-10-19-9-4-5-12-21(19)22/h4-14,17H,15-16H2,1-3H3,(H,25,28). The second-order valence-corrected chi connectivity index (χ2v) is 6.93. The molecule has 2 amide bonds. The highest BCUT2D eigenvalue weighted by molar-refractivity contribution is 5.90. The maximum atomic E-state index is 13.1. The molecule has 0 radical (unpaired) electrons. The Morgan fingerprint density at radius 3 is 2.53 bits per heavy atom. The number of benzene rings is 3. The molecule has 3 aromatic carbocycles. The van der Waals surface area contributed by atoms with Crippen LogP contribution in [0.4, 0.5) is 0 Å². The van der Waals surface area contributed by atoms with Gasteiger partial charge in [0, 0.05) is 19.0 Å². The van der Waals surface area contributed by atoms with E-state index in [2.05, 4.69) is 5.32 Å². The Morgan fingerprint density at radius 1 is 1.03 bits per heavy atom. The number of amides is 2. The predicted octanol–water partition coefficient (Wildman–Crippen LogP) is 3.39. The normalized spacial score (nSPS) is 11.6. The Bertz CT molecular complexity index is 1030. The summed E-state index contributed by atoms with van der Waals surface area (Å²) in [6.45, 7) is 1.80. The minimum absolute atomic E-state index is 0.167. The summed E-state index contributed by atoms with van der Waals surface area (Å²) in [6.07, 6.45) is 0. The molecule has 0 spiro atoms. The zero-order valence-corrected chi connectivity index (χ0v) is 17.4. The van der Waals surface area contributed by atoms with Gasteiger partial charge in [0.25, 0.3) is 5.91 Å². The topological polar surface area (TPSA) is 67.9 Å². The lowest BCUT2D eigenvalue weighted by atomic mass is 10.1. The first-order chi connectivity index (χ1) is 14.5. The third-order valence-electron chi connectivity index (χ3n) is 5.00. The molecule has 0 saturated heterocycles. The first kappa shape index (κ1) is 21.2. The number of nitrogens with zero attached hydrogens (tertiary/aromatic N) is 1. The van der Waals surface area contributed by atoms with Crippen molar-refractivity contribution in [2.24, 2.45) is 0 Å². The summed E-state index contributed by atoms with van der Waals surface area (Å²) in [6, 6.07) is 20.3.